The van der Waals surface area contributed by atoms with Gasteiger partial charge in [0.2, 0.25) is 0 Å². The number of aliphatic hydroxyl groups is 1. The van der Waals surface area contributed by atoms with Gasteiger partial charge in [0.15, 0.2) is 0 Å². The van der Waals surface area contributed by atoms with Gasteiger partial charge in [-0.05, 0) is 37.5 Å². The molecule has 0 bridgehead atoms. The Morgan fingerprint density at radius 3 is 2.07 bits per heavy atom. The molecule has 0 saturated heterocycles. The van der Waals surface area contributed by atoms with Crippen LogP contribution in [0, 0.1) is 20.8 Å². The van der Waals surface area contributed by atoms with Gasteiger partial charge in [-0.15, -0.1) is 0 Å². The van der Waals surface area contributed by atoms with Crippen molar-refractivity contribution in [2.75, 3.05) is 6.54 Å². The molecule has 84 valence electrons. The molecule has 0 saturated carbocycles. The second kappa shape index (κ2) is 4.77. The van der Waals surface area contributed by atoms with E-state index in [9.17, 15) is 5.11 Å². The standard InChI is InChI=1S/C13H21NO/c1-8-5-9(2)13(10(3)6-8)11(4)12(15)7-14/h5-6,11-12,15H,7,14H2,1-4H3. The average Bonchev–Trinajstić information content (AvgIpc) is 2.14. The summed E-state index contributed by atoms with van der Waals surface area (Å²) in [5, 5.41) is 9.77. The van der Waals surface area contributed by atoms with Crippen molar-refractivity contribution in [3.05, 3.63) is 34.4 Å². The zero-order valence-corrected chi connectivity index (χ0v) is 10.0. The van der Waals surface area contributed by atoms with Crippen molar-refractivity contribution in [3.63, 3.8) is 0 Å². The van der Waals surface area contributed by atoms with Crippen molar-refractivity contribution < 1.29 is 5.11 Å². The van der Waals surface area contributed by atoms with Crippen LogP contribution in [0.1, 0.15) is 35.1 Å². The Kier molecular flexibility index (Phi) is 3.89. The van der Waals surface area contributed by atoms with Crippen LogP contribution in [0.4, 0.5) is 0 Å². The Morgan fingerprint density at radius 2 is 1.67 bits per heavy atom. The molecule has 0 aliphatic carbocycles. The van der Waals surface area contributed by atoms with Gasteiger partial charge >= 0.3 is 0 Å². The van der Waals surface area contributed by atoms with E-state index in [0.717, 1.165) is 0 Å². The lowest BCUT2D eigenvalue weighted by Gasteiger charge is -2.22. The molecule has 3 N–H and O–H groups in total. The first-order valence-corrected chi connectivity index (χ1v) is 5.43. The van der Waals surface area contributed by atoms with Crippen molar-refractivity contribution in [3.8, 4) is 0 Å². The number of nitrogens with two attached hydrogens (primary N) is 1. The normalized spacial score (nSPS) is 15.1. The van der Waals surface area contributed by atoms with E-state index >= 15 is 0 Å². The molecule has 1 rings (SSSR count). The van der Waals surface area contributed by atoms with E-state index in [4.69, 9.17) is 5.73 Å². The first kappa shape index (κ1) is 12.2. The van der Waals surface area contributed by atoms with Crippen LogP contribution >= 0.6 is 0 Å². The van der Waals surface area contributed by atoms with E-state index < -0.39 is 6.10 Å². The van der Waals surface area contributed by atoms with Crippen LogP contribution in [0.25, 0.3) is 0 Å². The maximum atomic E-state index is 9.77. The molecule has 0 aromatic heterocycles. The number of aryl methyl sites for hydroxylation is 3. The SMILES string of the molecule is Cc1cc(C)c(C(C)C(O)CN)c(C)c1. The summed E-state index contributed by atoms with van der Waals surface area (Å²) in [5.41, 5.74) is 10.5. The highest BCUT2D eigenvalue weighted by atomic mass is 16.3. The monoisotopic (exact) mass is 207 g/mol. The number of benzene rings is 1. The summed E-state index contributed by atoms with van der Waals surface area (Å²) in [6.07, 6.45) is -0.454. The van der Waals surface area contributed by atoms with Crippen LogP contribution in [0.2, 0.25) is 0 Å². The minimum atomic E-state index is -0.454. The van der Waals surface area contributed by atoms with Gasteiger partial charge < -0.3 is 10.8 Å². The summed E-state index contributed by atoms with van der Waals surface area (Å²) in [6.45, 7) is 8.62. The van der Waals surface area contributed by atoms with E-state index in [2.05, 4.69) is 32.9 Å². The molecule has 0 aliphatic rings. The van der Waals surface area contributed by atoms with Crippen LogP contribution in [0.3, 0.4) is 0 Å². The van der Waals surface area contributed by atoms with Gasteiger partial charge in [-0.3, -0.25) is 0 Å². The van der Waals surface area contributed by atoms with Gasteiger partial charge in [-0.25, -0.2) is 0 Å². The van der Waals surface area contributed by atoms with Crippen LogP contribution in [0.15, 0.2) is 12.1 Å². The lowest BCUT2D eigenvalue weighted by Crippen LogP contribution is -2.26. The predicted octanol–water partition coefficient (Wildman–Crippen LogP) is 2.03. The van der Waals surface area contributed by atoms with Gasteiger partial charge in [0, 0.05) is 12.5 Å². The van der Waals surface area contributed by atoms with Crippen LogP contribution in [-0.4, -0.2) is 17.8 Å². The molecule has 0 spiro atoms. The molecule has 0 aliphatic heterocycles. The maximum Gasteiger partial charge on any atom is 0.0728 e. The first-order chi connectivity index (χ1) is 6.97. The third-order valence-corrected chi connectivity index (χ3v) is 3.01. The fraction of sp³-hybridized carbons (Fsp3) is 0.538. The van der Waals surface area contributed by atoms with Crippen LogP contribution < -0.4 is 5.73 Å². The Balaban J connectivity index is 3.13. The fourth-order valence-electron chi connectivity index (χ4n) is 2.31. The summed E-state index contributed by atoms with van der Waals surface area (Å²) >= 11 is 0. The molecule has 0 heterocycles. The molecule has 2 nitrogen and oxygen atoms in total. The smallest absolute Gasteiger partial charge is 0.0728 e. The van der Waals surface area contributed by atoms with Crippen molar-refractivity contribution >= 4 is 0 Å². The Hall–Kier alpha value is -0.860. The van der Waals surface area contributed by atoms with Gasteiger partial charge in [-0.2, -0.15) is 0 Å². The molecule has 2 heteroatoms. The Labute approximate surface area is 92.1 Å². The topological polar surface area (TPSA) is 46.2 Å². The molecule has 1 aromatic rings. The average molecular weight is 207 g/mol. The third-order valence-electron chi connectivity index (χ3n) is 3.01. The summed E-state index contributed by atoms with van der Waals surface area (Å²) in [6, 6.07) is 4.31. The zero-order valence-electron chi connectivity index (χ0n) is 10.0. The first-order valence-electron chi connectivity index (χ1n) is 5.43. The second-order valence-corrected chi connectivity index (χ2v) is 4.40. The summed E-state index contributed by atoms with van der Waals surface area (Å²) in [4.78, 5) is 0. The third kappa shape index (κ3) is 2.58. The molecule has 0 radical (unpaired) electrons. The number of hydrogen-bond donors (Lipinski definition) is 2. The van der Waals surface area contributed by atoms with Crippen LogP contribution in [0.5, 0.6) is 0 Å². The molecule has 2 atom stereocenters. The minimum Gasteiger partial charge on any atom is -0.391 e. The minimum absolute atomic E-state index is 0.107. The lowest BCUT2D eigenvalue weighted by molar-refractivity contribution is 0.157. The maximum absolute atomic E-state index is 9.77. The molecule has 2 unspecified atom stereocenters. The molecule has 0 fully saturated rings. The Morgan fingerprint density at radius 1 is 1.20 bits per heavy atom. The number of aliphatic hydroxyl groups excluding tert-OH is 1. The van der Waals surface area contributed by atoms with Crippen LogP contribution in [-0.2, 0) is 0 Å². The molecule has 1 aromatic carbocycles. The van der Waals surface area contributed by atoms with Crippen molar-refractivity contribution in [2.24, 2.45) is 5.73 Å². The van der Waals surface area contributed by atoms with Gasteiger partial charge in [0.25, 0.3) is 0 Å². The quantitative estimate of drug-likeness (QED) is 0.796. The molecular formula is C13H21NO. The predicted molar refractivity (Wildman–Crippen MR) is 64.1 cm³/mol. The van der Waals surface area contributed by atoms with E-state index in [1.54, 1.807) is 0 Å². The van der Waals surface area contributed by atoms with Crippen molar-refractivity contribution in [1.82, 2.24) is 0 Å². The van der Waals surface area contributed by atoms with E-state index in [1.807, 2.05) is 6.92 Å². The molecular weight excluding hydrogens is 186 g/mol. The van der Waals surface area contributed by atoms with E-state index in [1.165, 1.54) is 22.3 Å². The highest BCUT2D eigenvalue weighted by Crippen LogP contribution is 2.27. The van der Waals surface area contributed by atoms with Gasteiger partial charge in [0.1, 0.15) is 0 Å². The lowest BCUT2D eigenvalue weighted by atomic mass is 9.87. The number of hydrogen-bond acceptors (Lipinski definition) is 2. The van der Waals surface area contributed by atoms with E-state index in [-0.39, 0.29) is 5.92 Å². The second-order valence-electron chi connectivity index (χ2n) is 4.40. The summed E-state index contributed by atoms with van der Waals surface area (Å²) in [5.74, 6) is 0.107. The van der Waals surface area contributed by atoms with E-state index in [0.29, 0.717) is 6.54 Å². The molecule has 15 heavy (non-hydrogen) atoms. The van der Waals surface area contributed by atoms with Gasteiger partial charge in [0.05, 0.1) is 6.10 Å². The highest BCUT2D eigenvalue weighted by Gasteiger charge is 2.18. The highest BCUT2D eigenvalue weighted by molar-refractivity contribution is 5.40. The summed E-state index contributed by atoms with van der Waals surface area (Å²) < 4.78 is 0. The Bertz CT molecular complexity index is 323. The van der Waals surface area contributed by atoms with Crippen molar-refractivity contribution in [1.29, 1.82) is 0 Å². The molecule has 0 amide bonds. The van der Waals surface area contributed by atoms with Gasteiger partial charge in [-0.1, -0.05) is 24.6 Å². The zero-order chi connectivity index (χ0) is 11.6. The fourth-order valence-corrected chi connectivity index (χ4v) is 2.31. The number of rotatable bonds is 3. The van der Waals surface area contributed by atoms with Crippen molar-refractivity contribution in [2.45, 2.75) is 39.7 Å². The summed E-state index contributed by atoms with van der Waals surface area (Å²) in [7, 11) is 0. The largest absolute Gasteiger partial charge is 0.391 e.